The average Bonchev–Trinajstić information content (AvgIpc) is 2.44. The van der Waals surface area contributed by atoms with E-state index in [-0.39, 0.29) is 0 Å². The maximum absolute atomic E-state index is 10.5. The number of carboxylic acids is 1. The number of carbonyl (C=O) groups is 1. The molecular formula is C20H40O6S. The van der Waals surface area contributed by atoms with Crippen molar-refractivity contribution in [3.63, 3.8) is 0 Å². The van der Waals surface area contributed by atoms with E-state index >= 15 is 0 Å². The Bertz CT molecular complexity index is 503. The van der Waals surface area contributed by atoms with E-state index in [0.717, 1.165) is 36.2 Å². The van der Waals surface area contributed by atoms with Crippen molar-refractivity contribution in [1.29, 1.82) is 0 Å². The van der Waals surface area contributed by atoms with Gasteiger partial charge in [-0.1, -0.05) is 78.2 Å². The molecule has 0 saturated carbocycles. The highest BCUT2D eigenvalue weighted by Gasteiger charge is 2.06. The van der Waals surface area contributed by atoms with E-state index in [1.54, 1.807) is 0 Å². The van der Waals surface area contributed by atoms with E-state index in [4.69, 9.17) is 22.6 Å². The molecule has 0 rings (SSSR count). The summed E-state index contributed by atoms with van der Waals surface area (Å²) in [4.78, 5) is 10.5. The summed E-state index contributed by atoms with van der Waals surface area (Å²) in [5.41, 5.74) is 0.985. The van der Waals surface area contributed by atoms with E-state index in [1.807, 2.05) is 6.92 Å². The lowest BCUT2D eigenvalue weighted by molar-refractivity contribution is -0.131. The van der Waals surface area contributed by atoms with Crippen LogP contribution in [0.1, 0.15) is 92.4 Å². The highest BCUT2D eigenvalue weighted by molar-refractivity contribution is 7.79. The zero-order valence-corrected chi connectivity index (χ0v) is 18.5. The molecule has 2 atom stereocenters. The van der Waals surface area contributed by atoms with Crippen LogP contribution in [-0.4, -0.2) is 28.6 Å². The second-order valence-electron chi connectivity index (χ2n) is 8.13. The van der Waals surface area contributed by atoms with Gasteiger partial charge in [-0.15, -0.1) is 0 Å². The van der Waals surface area contributed by atoms with Crippen molar-refractivity contribution in [2.45, 2.75) is 92.4 Å². The molecule has 0 aliphatic rings. The first-order valence-corrected chi connectivity index (χ1v) is 11.3. The zero-order valence-electron chi connectivity index (χ0n) is 17.6. The van der Waals surface area contributed by atoms with Gasteiger partial charge in [-0.05, 0) is 37.5 Å². The summed E-state index contributed by atoms with van der Waals surface area (Å²) in [7, 11) is -4.67. The van der Waals surface area contributed by atoms with Crippen molar-refractivity contribution in [2.24, 2.45) is 17.8 Å². The van der Waals surface area contributed by atoms with Crippen molar-refractivity contribution < 1.29 is 27.4 Å². The van der Waals surface area contributed by atoms with Crippen LogP contribution in [0.2, 0.25) is 0 Å². The topological polar surface area (TPSA) is 112 Å². The minimum absolute atomic E-state index is 0.764. The summed E-state index contributed by atoms with van der Waals surface area (Å²) < 4.78 is 31.6. The molecule has 162 valence electrons. The number of rotatable bonds is 13. The Hall–Kier alpha value is -0.920. The molecule has 0 aliphatic carbocycles. The molecule has 0 bridgehead atoms. The highest BCUT2D eigenvalue weighted by atomic mass is 32.3. The number of carboxylic acid groups (broad SMARTS) is 1. The lowest BCUT2D eigenvalue weighted by Crippen LogP contribution is -2.00. The van der Waals surface area contributed by atoms with Gasteiger partial charge >= 0.3 is 16.4 Å². The van der Waals surface area contributed by atoms with E-state index in [2.05, 4.69) is 27.7 Å². The fraction of sp³-hybridized carbons (Fsp3) is 0.850. The molecule has 0 amide bonds. The van der Waals surface area contributed by atoms with Crippen LogP contribution in [0.5, 0.6) is 0 Å². The van der Waals surface area contributed by atoms with Crippen LogP contribution in [0.4, 0.5) is 0 Å². The van der Waals surface area contributed by atoms with Gasteiger partial charge in [0.1, 0.15) is 0 Å². The highest BCUT2D eigenvalue weighted by Crippen LogP contribution is 2.21. The molecule has 27 heavy (non-hydrogen) atoms. The second-order valence-corrected chi connectivity index (χ2v) is 9.03. The minimum atomic E-state index is -4.67. The van der Waals surface area contributed by atoms with Crippen molar-refractivity contribution in [3.05, 3.63) is 11.6 Å². The molecule has 0 saturated heterocycles. The molecule has 0 heterocycles. The predicted octanol–water partition coefficient (Wildman–Crippen LogP) is 5.80. The van der Waals surface area contributed by atoms with Crippen LogP contribution in [0.3, 0.4) is 0 Å². The SMILES string of the molecule is C/C(=C\C(=O)O)CCC[C@H](C)CCC[C@H](C)CCCC(C)C.O=S(=O)(O)O. The van der Waals surface area contributed by atoms with Gasteiger partial charge in [0.25, 0.3) is 0 Å². The van der Waals surface area contributed by atoms with Crippen LogP contribution in [0, 0.1) is 17.8 Å². The predicted molar refractivity (Wildman–Crippen MR) is 110 cm³/mol. The van der Waals surface area contributed by atoms with Crippen LogP contribution >= 0.6 is 0 Å². The first kappa shape index (κ1) is 28.3. The standard InChI is InChI=1S/C20H38O2.H2O4S/c1-16(2)9-6-10-17(3)11-7-12-18(4)13-8-14-19(5)15-20(21)22;1-5(2,3)4/h15-18H,6-14H2,1-5H3,(H,21,22);(H2,1,2,3,4)/b19-15+;/t17-,18-;/m1./s1. The van der Waals surface area contributed by atoms with E-state index in [9.17, 15) is 4.79 Å². The first-order valence-electron chi connectivity index (χ1n) is 9.91. The normalized spacial score (nSPS) is 14.4. The fourth-order valence-corrected chi connectivity index (χ4v) is 2.99. The molecule has 7 heteroatoms. The minimum Gasteiger partial charge on any atom is -0.478 e. The molecule has 0 radical (unpaired) electrons. The van der Waals surface area contributed by atoms with Gasteiger partial charge < -0.3 is 5.11 Å². The first-order chi connectivity index (χ1) is 12.3. The Morgan fingerprint density at radius 3 is 1.59 bits per heavy atom. The third-order valence-corrected chi connectivity index (χ3v) is 4.51. The largest absolute Gasteiger partial charge is 0.478 e. The molecule has 0 fully saturated rings. The molecule has 0 aromatic carbocycles. The summed E-state index contributed by atoms with van der Waals surface area (Å²) >= 11 is 0. The maximum atomic E-state index is 10.5. The smallest absolute Gasteiger partial charge is 0.394 e. The maximum Gasteiger partial charge on any atom is 0.394 e. The summed E-state index contributed by atoms with van der Waals surface area (Å²) in [5.74, 6) is 1.65. The summed E-state index contributed by atoms with van der Waals surface area (Å²) in [6.07, 6.45) is 12.7. The summed E-state index contributed by atoms with van der Waals surface area (Å²) in [6, 6.07) is 0. The Morgan fingerprint density at radius 1 is 0.852 bits per heavy atom. The molecule has 0 aromatic heterocycles. The zero-order chi connectivity index (χ0) is 21.5. The Morgan fingerprint density at radius 2 is 1.22 bits per heavy atom. The number of allylic oxidation sites excluding steroid dienone is 1. The molecular weight excluding hydrogens is 368 g/mol. The number of hydrogen-bond acceptors (Lipinski definition) is 3. The molecule has 3 N–H and O–H groups in total. The van der Waals surface area contributed by atoms with Crippen LogP contribution < -0.4 is 0 Å². The Labute approximate surface area is 166 Å². The lowest BCUT2D eigenvalue weighted by Gasteiger charge is -2.15. The quantitative estimate of drug-likeness (QED) is 0.262. The Balaban J connectivity index is 0. The third-order valence-electron chi connectivity index (χ3n) is 4.51. The molecule has 0 unspecified atom stereocenters. The lowest BCUT2D eigenvalue weighted by atomic mass is 9.91. The monoisotopic (exact) mass is 408 g/mol. The van der Waals surface area contributed by atoms with Gasteiger partial charge in [0.2, 0.25) is 0 Å². The summed E-state index contributed by atoms with van der Waals surface area (Å²) in [6.45, 7) is 11.3. The number of aliphatic carboxylic acids is 1. The van der Waals surface area contributed by atoms with Crippen molar-refractivity contribution >= 4 is 16.4 Å². The van der Waals surface area contributed by atoms with Crippen molar-refractivity contribution in [3.8, 4) is 0 Å². The van der Waals surface area contributed by atoms with Gasteiger partial charge in [0.05, 0.1) is 0 Å². The van der Waals surface area contributed by atoms with E-state index < -0.39 is 16.4 Å². The van der Waals surface area contributed by atoms with Crippen molar-refractivity contribution in [1.82, 2.24) is 0 Å². The molecule has 6 nitrogen and oxygen atoms in total. The van der Waals surface area contributed by atoms with Gasteiger partial charge in [-0.3, -0.25) is 9.11 Å². The van der Waals surface area contributed by atoms with Crippen molar-refractivity contribution in [2.75, 3.05) is 0 Å². The van der Waals surface area contributed by atoms with Crippen LogP contribution in [0.25, 0.3) is 0 Å². The van der Waals surface area contributed by atoms with Gasteiger partial charge in [-0.2, -0.15) is 8.42 Å². The van der Waals surface area contributed by atoms with E-state index in [0.29, 0.717) is 0 Å². The fourth-order valence-electron chi connectivity index (χ4n) is 2.99. The van der Waals surface area contributed by atoms with Gasteiger partial charge in [0, 0.05) is 6.08 Å². The Kier molecular flexibility index (Phi) is 16.8. The number of hydrogen-bond donors (Lipinski definition) is 3. The average molecular weight is 409 g/mol. The summed E-state index contributed by atoms with van der Waals surface area (Å²) in [5, 5.41) is 8.68. The van der Waals surface area contributed by atoms with Gasteiger partial charge in [-0.25, -0.2) is 4.79 Å². The van der Waals surface area contributed by atoms with Crippen LogP contribution in [0.15, 0.2) is 11.6 Å². The molecule has 0 aliphatic heterocycles. The van der Waals surface area contributed by atoms with Gasteiger partial charge in [0.15, 0.2) is 0 Å². The molecule has 0 spiro atoms. The van der Waals surface area contributed by atoms with E-state index in [1.165, 1.54) is 51.0 Å². The second kappa shape index (κ2) is 16.1. The van der Waals surface area contributed by atoms with Crippen LogP contribution in [-0.2, 0) is 15.2 Å². The third kappa shape index (κ3) is 30.1. The molecule has 0 aromatic rings.